The monoisotopic (exact) mass is 314 g/mol. The van der Waals surface area contributed by atoms with Crippen molar-refractivity contribution < 1.29 is 18.7 Å². The molecule has 0 aliphatic carbocycles. The third kappa shape index (κ3) is 2.88. The molecule has 2 aromatic carbocycles. The fourth-order valence-corrected chi connectivity index (χ4v) is 2.51. The summed E-state index contributed by atoms with van der Waals surface area (Å²) < 4.78 is 18.7. The van der Waals surface area contributed by atoms with E-state index in [1.165, 1.54) is 19.2 Å². The largest absolute Gasteiger partial charge is 0.497 e. The van der Waals surface area contributed by atoms with Crippen LogP contribution < -0.4 is 15.0 Å². The summed E-state index contributed by atoms with van der Waals surface area (Å²) >= 11 is 0. The normalized spacial score (nSPS) is 17.5. The molecule has 2 amide bonds. The molecular weight excluding hydrogens is 299 g/mol. The van der Waals surface area contributed by atoms with Crippen LogP contribution in [0.5, 0.6) is 5.75 Å². The maximum absolute atomic E-state index is 13.7. The van der Waals surface area contributed by atoms with Gasteiger partial charge in [0.15, 0.2) is 0 Å². The molecule has 2 aromatic rings. The Balaban J connectivity index is 1.80. The predicted octanol–water partition coefficient (Wildman–Crippen LogP) is 2.58. The Morgan fingerprint density at radius 3 is 2.48 bits per heavy atom. The number of benzene rings is 2. The zero-order valence-corrected chi connectivity index (χ0v) is 12.5. The first-order valence-corrected chi connectivity index (χ1v) is 7.12. The molecule has 1 atom stereocenters. The van der Waals surface area contributed by atoms with Gasteiger partial charge in [-0.2, -0.15) is 0 Å². The van der Waals surface area contributed by atoms with Crippen molar-refractivity contribution in [3.8, 4) is 5.75 Å². The second-order valence-corrected chi connectivity index (χ2v) is 5.15. The summed E-state index contributed by atoms with van der Waals surface area (Å²) in [5, 5.41) is 2.80. The van der Waals surface area contributed by atoms with Crippen molar-refractivity contribution in [2.45, 2.75) is 12.5 Å². The lowest BCUT2D eigenvalue weighted by molar-refractivity contribution is -0.121. The van der Waals surface area contributed by atoms with Gasteiger partial charge in [-0.25, -0.2) is 9.29 Å². The van der Waals surface area contributed by atoms with Crippen LogP contribution in [0.2, 0.25) is 0 Å². The number of carbonyl (C=O) groups is 2. The first-order valence-electron chi connectivity index (χ1n) is 7.12. The van der Waals surface area contributed by atoms with Crippen LogP contribution in [0.15, 0.2) is 48.5 Å². The van der Waals surface area contributed by atoms with E-state index in [0.29, 0.717) is 11.4 Å². The number of methoxy groups -OCH3 is 1. The highest BCUT2D eigenvalue weighted by molar-refractivity contribution is 6.23. The fourth-order valence-electron chi connectivity index (χ4n) is 2.51. The Morgan fingerprint density at radius 1 is 1.13 bits per heavy atom. The van der Waals surface area contributed by atoms with Gasteiger partial charge < -0.3 is 10.1 Å². The number of amides is 2. The summed E-state index contributed by atoms with van der Waals surface area (Å²) in [5.74, 6) is -0.554. The molecule has 118 valence electrons. The van der Waals surface area contributed by atoms with Gasteiger partial charge in [0.05, 0.1) is 24.9 Å². The van der Waals surface area contributed by atoms with Crippen molar-refractivity contribution in [3.05, 3.63) is 54.3 Å². The van der Waals surface area contributed by atoms with Gasteiger partial charge in [-0.05, 0) is 36.4 Å². The number of halogens is 1. The van der Waals surface area contributed by atoms with Crippen molar-refractivity contribution in [2.24, 2.45) is 0 Å². The van der Waals surface area contributed by atoms with E-state index in [1.54, 1.807) is 36.4 Å². The second-order valence-electron chi connectivity index (χ2n) is 5.15. The molecule has 0 spiro atoms. The Kier molecular flexibility index (Phi) is 3.97. The standard InChI is InChI=1S/C17H15FN2O3/c1-23-12-8-6-11(7-9-12)20-16(21)10-15(17(20)22)19-14-5-3-2-4-13(14)18/h2-9,15,19H,10H2,1H3. The van der Waals surface area contributed by atoms with Crippen LogP contribution >= 0.6 is 0 Å². The molecule has 1 unspecified atom stereocenters. The van der Waals surface area contributed by atoms with Crippen LogP contribution in [-0.4, -0.2) is 25.0 Å². The van der Waals surface area contributed by atoms with E-state index in [9.17, 15) is 14.0 Å². The number of para-hydroxylation sites is 1. The number of imide groups is 1. The van der Waals surface area contributed by atoms with Gasteiger partial charge in [0, 0.05) is 0 Å². The molecular formula is C17H15FN2O3. The minimum absolute atomic E-state index is 0.0147. The van der Waals surface area contributed by atoms with E-state index in [-0.39, 0.29) is 18.0 Å². The highest BCUT2D eigenvalue weighted by Crippen LogP contribution is 2.27. The molecule has 0 radical (unpaired) electrons. The Hall–Kier alpha value is -2.89. The average Bonchev–Trinajstić information content (AvgIpc) is 2.84. The highest BCUT2D eigenvalue weighted by atomic mass is 19.1. The van der Waals surface area contributed by atoms with Gasteiger partial charge in [0.1, 0.15) is 17.6 Å². The van der Waals surface area contributed by atoms with Gasteiger partial charge in [0.25, 0.3) is 5.91 Å². The average molecular weight is 314 g/mol. The maximum atomic E-state index is 13.7. The van der Waals surface area contributed by atoms with Crippen molar-refractivity contribution >= 4 is 23.2 Å². The molecule has 1 aliphatic rings. The van der Waals surface area contributed by atoms with Gasteiger partial charge >= 0.3 is 0 Å². The van der Waals surface area contributed by atoms with Crippen molar-refractivity contribution in [1.82, 2.24) is 0 Å². The molecule has 6 heteroatoms. The van der Waals surface area contributed by atoms with Crippen molar-refractivity contribution in [2.75, 3.05) is 17.3 Å². The first-order chi connectivity index (χ1) is 11.1. The van der Waals surface area contributed by atoms with Crippen LogP contribution in [0.3, 0.4) is 0 Å². The number of ether oxygens (including phenoxy) is 1. The van der Waals surface area contributed by atoms with E-state index in [4.69, 9.17) is 4.74 Å². The molecule has 1 saturated heterocycles. The van der Waals surface area contributed by atoms with Crippen LogP contribution in [0.1, 0.15) is 6.42 Å². The topological polar surface area (TPSA) is 58.6 Å². The van der Waals surface area contributed by atoms with E-state index < -0.39 is 17.8 Å². The molecule has 23 heavy (non-hydrogen) atoms. The smallest absolute Gasteiger partial charge is 0.256 e. The zero-order chi connectivity index (χ0) is 16.4. The molecule has 0 bridgehead atoms. The zero-order valence-electron chi connectivity index (χ0n) is 12.5. The number of rotatable bonds is 4. The van der Waals surface area contributed by atoms with E-state index in [1.807, 2.05) is 0 Å². The van der Waals surface area contributed by atoms with Crippen LogP contribution in [-0.2, 0) is 9.59 Å². The van der Waals surface area contributed by atoms with Gasteiger partial charge in [-0.3, -0.25) is 9.59 Å². The molecule has 1 N–H and O–H groups in total. The van der Waals surface area contributed by atoms with E-state index in [0.717, 1.165) is 4.90 Å². The number of anilines is 2. The van der Waals surface area contributed by atoms with Gasteiger partial charge in [-0.15, -0.1) is 0 Å². The van der Waals surface area contributed by atoms with Crippen LogP contribution in [0.25, 0.3) is 0 Å². The summed E-state index contributed by atoms with van der Waals surface area (Å²) in [5.41, 5.74) is 0.675. The summed E-state index contributed by atoms with van der Waals surface area (Å²) in [6.07, 6.45) is -0.0147. The number of hydrogen-bond acceptors (Lipinski definition) is 4. The lowest BCUT2D eigenvalue weighted by Crippen LogP contribution is -2.34. The quantitative estimate of drug-likeness (QED) is 0.881. The third-order valence-electron chi connectivity index (χ3n) is 3.68. The second kappa shape index (κ2) is 6.08. The van der Waals surface area contributed by atoms with E-state index >= 15 is 0 Å². The highest BCUT2D eigenvalue weighted by Gasteiger charge is 2.39. The van der Waals surface area contributed by atoms with E-state index in [2.05, 4.69) is 5.32 Å². The van der Waals surface area contributed by atoms with Gasteiger partial charge in [0.2, 0.25) is 5.91 Å². The predicted molar refractivity (Wildman–Crippen MR) is 83.9 cm³/mol. The minimum atomic E-state index is -0.776. The fraction of sp³-hybridized carbons (Fsp3) is 0.176. The number of hydrogen-bond donors (Lipinski definition) is 1. The molecule has 5 nitrogen and oxygen atoms in total. The molecule has 0 aromatic heterocycles. The molecule has 0 saturated carbocycles. The summed E-state index contributed by atoms with van der Waals surface area (Å²) in [6, 6.07) is 11.9. The summed E-state index contributed by atoms with van der Waals surface area (Å²) in [4.78, 5) is 25.7. The Morgan fingerprint density at radius 2 is 1.83 bits per heavy atom. The first kappa shape index (κ1) is 15.0. The molecule has 1 fully saturated rings. The maximum Gasteiger partial charge on any atom is 0.256 e. The van der Waals surface area contributed by atoms with Crippen molar-refractivity contribution in [3.63, 3.8) is 0 Å². The lowest BCUT2D eigenvalue weighted by atomic mass is 10.2. The summed E-state index contributed by atoms with van der Waals surface area (Å²) in [7, 11) is 1.54. The molecule has 3 rings (SSSR count). The number of nitrogens with one attached hydrogen (secondary N) is 1. The molecule has 1 aliphatic heterocycles. The molecule has 1 heterocycles. The third-order valence-corrected chi connectivity index (χ3v) is 3.68. The number of carbonyl (C=O) groups excluding carboxylic acids is 2. The Bertz CT molecular complexity index is 746. The SMILES string of the molecule is COc1ccc(N2C(=O)CC(Nc3ccccc3F)C2=O)cc1. The number of nitrogens with zero attached hydrogens (tertiary/aromatic N) is 1. The van der Waals surface area contributed by atoms with Gasteiger partial charge in [-0.1, -0.05) is 12.1 Å². The van der Waals surface area contributed by atoms with Crippen LogP contribution in [0, 0.1) is 5.82 Å². The van der Waals surface area contributed by atoms with Crippen LogP contribution in [0.4, 0.5) is 15.8 Å². The van der Waals surface area contributed by atoms with Crippen molar-refractivity contribution in [1.29, 1.82) is 0 Å². The minimum Gasteiger partial charge on any atom is -0.497 e. The Labute approximate surface area is 132 Å². The summed E-state index contributed by atoms with van der Waals surface area (Å²) in [6.45, 7) is 0. The lowest BCUT2D eigenvalue weighted by Gasteiger charge is -2.16.